The number of hydrogen-bond donors (Lipinski definition) is 0. The van der Waals surface area contributed by atoms with Crippen LogP contribution in [0.1, 0.15) is 27.0 Å². The lowest BCUT2D eigenvalue weighted by molar-refractivity contribution is -0.129. The normalized spacial score (nSPS) is 13.9. The molecular weight excluding hydrogens is 520 g/mol. The first-order chi connectivity index (χ1) is 19.9. The Labute approximate surface area is 233 Å². The van der Waals surface area contributed by atoms with Crippen molar-refractivity contribution < 1.29 is 33.3 Å². The number of hydrogen-bond acceptors (Lipinski definition) is 7. The molecule has 0 bridgehead atoms. The topological polar surface area (TPSA) is 88.1 Å². The third kappa shape index (κ3) is 3.56. The number of esters is 3. The second-order valence-corrected chi connectivity index (χ2v) is 9.62. The first-order valence-corrected chi connectivity index (χ1v) is 12.8. The largest absolute Gasteiger partial charge is 0.455 e. The molecule has 2 aliphatic heterocycles. The van der Waals surface area contributed by atoms with E-state index in [-0.39, 0.29) is 0 Å². The van der Waals surface area contributed by atoms with Crippen LogP contribution >= 0.6 is 0 Å². The number of carbonyl (C=O) groups is 3. The summed E-state index contributed by atoms with van der Waals surface area (Å²) in [5.74, 6) is 0.177. The van der Waals surface area contributed by atoms with E-state index in [4.69, 9.17) is 18.9 Å². The zero-order valence-electron chi connectivity index (χ0n) is 21.5. The van der Waals surface area contributed by atoms with Crippen LogP contribution in [0.3, 0.4) is 0 Å². The molecule has 5 aromatic carbocycles. The van der Waals surface area contributed by atoms with Gasteiger partial charge in [-0.25, -0.2) is 14.4 Å². The quantitative estimate of drug-likeness (QED) is 0.142. The highest BCUT2D eigenvalue weighted by atomic mass is 16.6. The molecule has 0 saturated carbocycles. The van der Waals surface area contributed by atoms with E-state index in [0.717, 1.165) is 33.7 Å². The highest BCUT2D eigenvalue weighted by Crippen LogP contribution is 2.59. The van der Waals surface area contributed by atoms with Crippen LogP contribution in [0, 0.1) is 0 Å². The molecule has 0 fully saturated rings. The van der Waals surface area contributed by atoms with Crippen molar-refractivity contribution in [3.05, 3.63) is 132 Å². The van der Waals surface area contributed by atoms with E-state index in [2.05, 4.69) is 13.2 Å². The summed E-state index contributed by atoms with van der Waals surface area (Å²) in [5.41, 5.74) is 1.26. The highest BCUT2D eigenvalue weighted by Gasteiger charge is 2.54. The Morgan fingerprint density at radius 3 is 1.76 bits per heavy atom. The molecule has 198 valence electrons. The number of carbonyl (C=O) groups excluding carboxylic acids is 3. The lowest BCUT2D eigenvalue weighted by Crippen LogP contribution is -2.33. The minimum Gasteiger partial charge on any atom is -0.455 e. The van der Waals surface area contributed by atoms with Crippen LogP contribution in [0.2, 0.25) is 0 Å². The SMILES string of the molecule is C=CC(=O)Oc1ccc2c3c(ccc2c1)C1(OC(=O)c2ccccc21)c1ccc2cc(OC(=O)C=C)ccc2c1O3. The average molecular weight is 541 g/mol. The number of benzene rings is 5. The van der Waals surface area contributed by atoms with E-state index < -0.39 is 23.5 Å². The van der Waals surface area contributed by atoms with Crippen molar-refractivity contribution >= 4 is 39.5 Å². The van der Waals surface area contributed by atoms with Gasteiger partial charge in [-0.3, -0.25) is 0 Å². The Hall–Kier alpha value is -5.69. The fourth-order valence-corrected chi connectivity index (χ4v) is 5.64. The lowest BCUT2D eigenvalue weighted by atomic mass is 9.76. The summed E-state index contributed by atoms with van der Waals surface area (Å²) >= 11 is 0. The second kappa shape index (κ2) is 8.93. The molecule has 0 N–H and O–H groups in total. The number of ether oxygens (including phenoxy) is 4. The first-order valence-electron chi connectivity index (χ1n) is 12.8. The Bertz CT molecular complexity index is 1890. The maximum atomic E-state index is 13.3. The fourth-order valence-electron chi connectivity index (χ4n) is 5.64. The summed E-state index contributed by atoms with van der Waals surface area (Å²) in [6.45, 7) is 6.89. The molecule has 0 amide bonds. The third-order valence-electron chi connectivity index (χ3n) is 7.39. The average Bonchev–Trinajstić information content (AvgIpc) is 3.29. The molecule has 0 saturated heterocycles. The van der Waals surface area contributed by atoms with E-state index in [1.165, 1.54) is 0 Å². The van der Waals surface area contributed by atoms with E-state index in [9.17, 15) is 14.4 Å². The van der Waals surface area contributed by atoms with E-state index >= 15 is 0 Å². The van der Waals surface area contributed by atoms with Crippen molar-refractivity contribution in [2.24, 2.45) is 0 Å². The smallest absolute Gasteiger partial charge is 0.340 e. The van der Waals surface area contributed by atoms with Gasteiger partial charge in [0.05, 0.1) is 5.56 Å². The summed E-state index contributed by atoms with van der Waals surface area (Å²) in [6, 6.07) is 25.3. The van der Waals surface area contributed by atoms with Crippen LogP contribution < -0.4 is 14.2 Å². The van der Waals surface area contributed by atoms with Gasteiger partial charge in [-0.15, -0.1) is 0 Å². The molecule has 0 aliphatic carbocycles. The van der Waals surface area contributed by atoms with E-state index in [1.807, 2.05) is 36.4 Å². The van der Waals surface area contributed by atoms with Crippen molar-refractivity contribution in [3.63, 3.8) is 0 Å². The van der Waals surface area contributed by atoms with Gasteiger partial charge in [0.1, 0.15) is 23.0 Å². The van der Waals surface area contributed by atoms with Crippen molar-refractivity contribution in [2.45, 2.75) is 5.60 Å². The maximum absolute atomic E-state index is 13.3. The Morgan fingerprint density at radius 2 is 1.22 bits per heavy atom. The minimum absolute atomic E-state index is 0.359. The van der Waals surface area contributed by atoms with Crippen LogP contribution in [0.15, 0.2) is 110 Å². The summed E-state index contributed by atoms with van der Waals surface area (Å²) in [4.78, 5) is 36.8. The lowest BCUT2D eigenvalue weighted by Gasteiger charge is -2.37. The molecule has 0 radical (unpaired) electrons. The molecule has 0 unspecified atom stereocenters. The van der Waals surface area contributed by atoms with Crippen molar-refractivity contribution in [1.29, 1.82) is 0 Å². The van der Waals surface area contributed by atoms with Gasteiger partial charge in [-0.1, -0.05) is 43.5 Å². The maximum Gasteiger partial charge on any atom is 0.340 e. The Morgan fingerprint density at radius 1 is 0.683 bits per heavy atom. The molecule has 41 heavy (non-hydrogen) atoms. The second-order valence-electron chi connectivity index (χ2n) is 9.62. The predicted octanol–water partition coefficient (Wildman–Crippen LogP) is 6.74. The van der Waals surface area contributed by atoms with Gasteiger partial charge in [0.2, 0.25) is 0 Å². The van der Waals surface area contributed by atoms with E-state index in [1.54, 1.807) is 48.5 Å². The van der Waals surface area contributed by atoms with Crippen LogP contribution in [-0.4, -0.2) is 17.9 Å². The van der Waals surface area contributed by atoms with Gasteiger partial charge in [-0.2, -0.15) is 0 Å². The monoisotopic (exact) mass is 540 g/mol. The first kappa shape index (κ1) is 24.4. The van der Waals surface area contributed by atoms with Gasteiger partial charge >= 0.3 is 17.9 Å². The predicted molar refractivity (Wildman–Crippen MR) is 151 cm³/mol. The van der Waals surface area contributed by atoms with Crippen LogP contribution in [0.25, 0.3) is 21.5 Å². The van der Waals surface area contributed by atoms with Gasteiger partial charge in [0.25, 0.3) is 0 Å². The summed E-state index contributed by atoms with van der Waals surface area (Å²) in [7, 11) is 0. The van der Waals surface area contributed by atoms with Gasteiger partial charge in [-0.05, 0) is 65.4 Å². The fraction of sp³-hybridized carbons (Fsp3) is 0.0294. The number of rotatable bonds is 4. The number of fused-ring (bicyclic) bond motifs is 10. The Kier molecular flexibility index (Phi) is 5.30. The molecule has 5 aromatic rings. The van der Waals surface area contributed by atoms with Gasteiger partial charge in [0, 0.05) is 39.6 Å². The zero-order chi connectivity index (χ0) is 28.3. The minimum atomic E-state index is -1.26. The molecule has 0 atom stereocenters. The Balaban J connectivity index is 1.49. The zero-order valence-corrected chi connectivity index (χ0v) is 21.5. The van der Waals surface area contributed by atoms with Crippen LogP contribution in [0.4, 0.5) is 0 Å². The van der Waals surface area contributed by atoms with Gasteiger partial charge in [0.15, 0.2) is 5.60 Å². The van der Waals surface area contributed by atoms with E-state index in [0.29, 0.717) is 45.3 Å². The molecule has 0 aromatic heterocycles. The van der Waals surface area contributed by atoms with Crippen LogP contribution in [0.5, 0.6) is 23.0 Å². The molecule has 7 heteroatoms. The highest BCUT2D eigenvalue weighted by molar-refractivity contribution is 6.01. The third-order valence-corrected chi connectivity index (χ3v) is 7.39. The molecule has 2 aliphatic rings. The summed E-state index contributed by atoms with van der Waals surface area (Å²) in [5, 5.41) is 2.99. The van der Waals surface area contributed by atoms with Crippen molar-refractivity contribution in [2.75, 3.05) is 0 Å². The molecule has 7 nitrogen and oxygen atoms in total. The molecule has 7 rings (SSSR count). The van der Waals surface area contributed by atoms with Gasteiger partial charge < -0.3 is 18.9 Å². The molecule has 1 spiro atoms. The molecular formula is C34H20O7. The summed E-state index contributed by atoms with van der Waals surface area (Å²) < 4.78 is 23.6. The van der Waals surface area contributed by atoms with Crippen molar-refractivity contribution in [3.8, 4) is 23.0 Å². The van der Waals surface area contributed by atoms with Crippen molar-refractivity contribution in [1.82, 2.24) is 0 Å². The summed E-state index contributed by atoms with van der Waals surface area (Å²) in [6.07, 6.45) is 2.20. The van der Waals surface area contributed by atoms with Crippen LogP contribution in [-0.2, 0) is 19.9 Å². The molecule has 2 heterocycles. The standard InChI is InChI=1S/C34H20O7/c1-3-29(35)38-21-11-13-23-19(17-21)9-15-27-31(23)40-32-24-14-12-22(39-30(36)4-2)18-20(24)10-16-28(32)34(27)26-8-6-5-7-25(26)33(37)41-34/h3-18H,1-2H2.